The molecule has 0 unspecified atom stereocenters. The summed E-state index contributed by atoms with van der Waals surface area (Å²) in [7, 11) is 0. The van der Waals surface area contributed by atoms with Crippen LogP contribution >= 0.6 is 0 Å². The van der Waals surface area contributed by atoms with Crippen molar-refractivity contribution < 1.29 is 13.6 Å². The van der Waals surface area contributed by atoms with Gasteiger partial charge in [-0.2, -0.15) is 0 Å². The number of nitrogens with one attached hydrogen (secondary N) is 2. The zero-order valence-electron chi connectivity index (χ0n) is 11.5. The number of carbonyl (C=O) groups is 1. The third-order valence-electron chi connectivity index (χ3n) is 2.66. The van der Waals surface area contributed by atoms with Crippen LogP contribution in [0, 0.1) is 17.6 Å². The Balaban J connectivity index is 2.11. The molecule has 1 heterocycles. The van der Waals surface area contributed by atoms with E-state index in [4.69, 9.17) is 0 Å². The van der Waals surface area contributed by atoms with Gasteiger partial charge in [0.15, 0.2) is 11.6 Å². The maximum atomic E-state index is 13.5. The van der Waals surface area contributed by atoms with E-state index in [1.54, 1.807) is 13.8 Å². The van der Waals surface area contributed by atoms with E-state index in [0.29, 0.717) is 0 Å². The summed E-state index contributed by atoms with van der Waals surface area (Å²) in [5.74, 6) is -1.39. The molecule has 0 spiro atoms. The monoisotopic (exact) mass is 292 g/mol. The molecule has 5 nitrogen and oxygen atoms in total. The molecular weight excluding hydrogens is 278 g/mol. The summed E-state index contributed by atoms with van der Waals surface area (Å²) in [6.07, 6.45) is 0. The van der Waals surface area contributed by atoms with E-state index in [1.165, 1.54) is 18.2 Å². The van der Waals surface area contributed by atoms with Crippen LogP contribution < -0.4 is 10.6 Å². The summed E-state index contributed by atoms with van der Waals surface area (Å²) >= 11 is 0. The number of nitrogens with zero attached hydrogens (tertiary/aromatic N) is 2. The first kappa shape index (κ1) is 14.8. The average Bonchev–Trinajstić information content (AvgIpc) is 2.44. The van der Waals surface area contributed by atoms with E-state index in [9.17, 15) is 13.6 Å². The van der Waals surface area contributed by atoms with Gasteiger partial charge >= 0.3 is 0 Å². The molecule has 0 bridgehead atoms. The van der Waals surface area contributed by atoms with E-state index >= 15 is 0 Å². The third kappa shape index (κ3) is 3.71. The Morgan fingerprint density at radius 2 is 1.62 bits per heavy atom. The van der Waals surface area contributed by atoms with Crippen molar-refractivity contribution in [3.63, 3.8) is 0 Å². The molecule has 2 aromatic rings. The van der Waals surface area contributed by atoms with Crippen LogP contribution in [0.15, 0.2) is 30.3 Å². The summed E-state index contributed by atoms with van der Waals surface area (Å²) in [6, 6.07) is 6.50. The first-order valence-corrected chi connectivity index (χ1v) is 6.33. The van der Waals surface area contributed by atoms with Crippen molar-refractivity contribution in [3.05, 3.63) is 42.0 Å². The number of hydrogen-bond acceptors (Lipinski definition) is 4. The second kappa shape index (κ2) is 6.25. The lowest BCUT2D eigenvalue weighted by Crippen LogP contribution is -2.18. The maximum absolute atomic E-state index is 13.5. The fourth-order valence-corrected chi connectivity index (χ4v) is 1.48. The summed E-state index contributed by atoms with van der Waals surface area (Å²) in [5.41, 5.74) is -0.300. The van der Waals surface area contributed by atoms with Crippen LogP contribution in [0.5, 0.6) is 0 Å². The number of anilines is 3. The lowest BCUT2D eigenvalue weighted by atomic mass is 10.2. The van der Waals surface area contributed by atoms with Crippen LogP contribution in [0.4, 0.5) is 26.1 Å². The van der Waals surface area contributed by atoms with Crippen LogP contribution in [-0.4, -0.2) is 16.1 Å². The Morgan fingerprint density at radius 3 is 2.14 bits per heavy atom. The molecule has 0 fully saturated rings. The van der Waals surface area contributed by atoms with Crippen molar-refractivity contribution in [3.8, 4) is 0 Å². The summed E-state index contributed by atoms with van der Waals surface area (Å²) in [6.45, 7) is 3.50. The Hall–Kier alpha value is -2.57. The first-order chi connectivity index (χ1) is 9.97. The normalized spacial score (nSPS) is 10.5. The zero-order chi connectivity index (χ0) is 15.4. The number of benzene rings is 1. The molecule has 0 saturated heterocycles. The Bertz CT molecular complexity index is 624. The molecule has 2 rings (SSSR count). The van der Waals surface area contributed by atoms with Gasteiger partial charge in [0.2, 0.25) is 5.91 Å². The van der Waals surface area contributed by atoms with Crippen LogP contribution in [0.25, 0.3) is 0 Å². The van der Waals surface area contributed by atoms with Crippen molar-refractivity contribution in [1.82, 2.24) is 10.2 Å². The van der Waals surface area contributed by atoms with E-state index in [-0.39, 0.29) is 29.1 Å². The SMILES string of the molecule is CC(C)C(=O)Nc1ccc(Nc2c(F)cccc2F)nn1. The number of aromatic nitrogens is 2. The Labute approximate surface area is 120 Å². The van der Waals surface area contributed by atoms with E-state index in [1.807, 2.05) is 0 Å². The Kier molecular flexibility index (Phi) is 4.42. The molecular formula is C14H14F2N4O. The van der Waals surface area contributed by atoms with Crippen LogP contribution in [0.2, 0.25) is 0 Å². The third-order valence-corrected chi connectivity index (χ3v) is 2.66. The van der Waals surface area contributed by atoms with Crippen molar-refractivity contribution >= 4 is 23.2 Å². The molecule has 110 valence electrons. The van der Waals surface area contributed by atoms with Gasteiger partial charge in [-0.05, 0) is 24.3 Å². The second-order valence-electron chi connectivity index (χ2n) is 4.67. The predicted octanol–water partition coefficient (Wildman–Crippen LogP) is 3.09. The molecule has 1 amide bonds. The number of halogens is 2. The maximum Gasteiger partial charge on any atom is 0.228 e. The van der Waals surface area contributed by atoms with Gasteiger partial charge < -0.3 is 10.6 Å². The number of para-hydroxylation sites is 1. The molecule has 1 aromatic heterocycles. The summed E-state index contributed by atoms with van der Waals surface area (Å²) in [4.78, 5) is 11.5. The Morgan fingerprint density at radius 1 is 1.05 bits per heavy atom. The fraction of sp³-hybridized carbons (Fsp3) is 0.214. The molecule has 7 heteroatoms. The molecule has 0 aliphatic carbocycles. The van der Waals surface area contributed by atoms with Gasteiger partial charge in [-0.3, -0.25) is 4.79 Å². The number of hydrogen-bond donors (Lipinski definition) is 2. The van der Waals surface area contributed by atoms with Gasteiger partial charge in [-0.15, -0.1) is 10.2 Å². The lowest BCUT2D eigenvalue weighted by molar-refractivity contribution is -0.118. The molecule has 0 saturated carbocycles. The summed E-state index contributed by atoms with van der Waals surface area (Å²) in [5, 5.41) is 12.6. The molecule has 0 aliphatic rings. The van der Waals surface area contributed by atoms with Crippen molar-refractivity contribution in [1.29, 1.82) is 0 Å². The van der Waals surface area contributed by atoms with E-state index in [0.717, 1.165) is 12.1 Å². The van der Waals surface area contributed by atoms with E-state index in [2.05, 4.69) is 20.8 Å². The largest absolute Gasteiger partial charge is 0.334 e. The molecule has 2 N–H and O–H groups in total. The summed E-state index contributed by atoms with van der Waals surface area (Å²) < 4.78 is 26.9. The topological polar surface area (TPSA) is 66.9 Å². The highest BCUT2D eigenvalue weighted by Crippen LogP contribution is 2.21. The smallest absolute Gasteiger partial charge is 0.228 e. The van der Waals surface area contributed by atoms with E-state index < -0.39 is 11.6 Å². The van der Waals surface area contributed by atoms with Crippen LogP contribution in [0.3, 0.4) is 0 Å². The minimum atomic E-state index is -0.728. The lowest BCUT2D eigenvalue weighted by Gasteiger charge is -2.09. The highest BCUT2D eigenvalue weighted by molar-refractivity contribution is 5.91. The fourth-order valence-electron chi connectivity index (χ4n) is 1.48. The zero-order valence-corrected chi connectivity index (χ0v) is 11.5. The van der Waals surface area contributed by atoms with Crippen molar-refractivity contribution in [2.24, 2.45) is 5.92 Å². The van der Waals surface area contributed by atoms with Crippen LogP contribution in [0.1, 0.15) is 13.8 Å². The van der Waals surface area contributed by atoms with Crippen LogP contribution in [-0.2, 0) is 4.79 Å². The molecule has 0 atom stereocenters. The molecule has 1 aromatic carbocycles. The number of carbonyl (C=O) groups excluding carboxylic acids is 1. The minimum absolute atomic E-state index is 0.168. The van der Waals surface area contributed by atoms with Gasteiger partial charge in [0.1, 0.15) is 17.3 Å². The van der Waals surface area contributed by atoms with Gasteiger partial charge in [-0.25, -0.2) is 8.78 Å². The van der Waals surface area contributed by atoms with Gasteiger partial charge in [-0.1, -0.05) is 19.9 Å². The van der Waals surface area contributed by atoms with Crippen molar-refractivity contribution in [2.75, 3.05) is 10.6 Å². The number of rotatable bonds is 4. The van der Waals surface area contributed by atoms with Gasteiger partial charge in [0.05, 0.1) is 0 Å². The van der Waals surface area contributed by atoms with Gasteiger partial charge in [0, 0.05) is 5.92 Å². The first-order valence-electron chi connectivity index (χ1n) is 6.33. The average molecular weight is 292 g/mol. The molecule has 0 aliphatic heterocycles. The predicted molar refractivity (Wildman–Crippen MR) is 75.1 cm³/mol. The standard InChI is InChI=1S/C14H14F2N4O/c1-8(2)14(21)18-12-7-6-11(19-20-12)17-13-9(15)4-3-5-10(13)16/h3-8H,1-2H3,(H,17,19)(H,18,20,21). The highest BCUT2D eigenvalue weighted by atomic mass is 19.1. The molecule has 21 heavy (non-hydrogen) atoms. The quantitative estimate of drug-likeness (QED) is 0.908. The number of amides is 1. The second-order valence-corrected chi connectivity index (χ2v) is 4.67. The van der Waals surface area contributed by atoms with Crippen molar-refractivity contribution in [2.45, 2.75) is 13.8 Å². The van der Waals surface area contributed by atoms with Gasteiger partial charge in [0.25, 0.3) is 0 Å². The molecule has 0 radical (unpaired) electrons. The minimum Gasteiger partial charge on any atom is -0.334 e. The highest BCUT2D eigenvalue weighted by Gasteiger charge is 2.11.